The van der Waals surface area contributed by atoms with E-state index in [4.69, 9.17) is 22.1 Å². The summed E-state index contributed by atoms with van der Waals surface area (Å²) in [6.07, 6.45) is 10.1. The molecule has 3 fully saturated rings. The van der Waals surface area contributed by atoms with Crippen LogP contribution in [-0.4, -0.2) is 40.5 Å². The minimum Gasteiger partial charge on any atom is -0.478 e. The highest BCUT2D eigenvalue weighted by atomic mass is 35.5. The lowest BCUT2D eigenvalue weighted by molar-refractivity contribution is -0.135. The number of nitrogens with one attached hydrogen (secondary N) is 1. The van der Waals surface area contributed by atoms with Crippen molar-refractivity contribution in [1.82, 2.24) is 10.3 Å². The van der Waals surface area contributed by atoms with Gasteiger partial charge in [0.1, 0.15) is 11.6 Å². The third kappa shape index (κ3) is 5.03. The Morgan fingerprint density at radius 3 is 2.39 bits per heavy atom. The first-order valence-corrected chi connectivity index (χ1v) is 13.4. The van der Waals surface area contributed by atoms with Crippen LogP contribution in [0.1, 0.15) is 87.1 Å². The van der Waals surface area contributed by atoms with Gasteiger partial charge in [-0.1, -0.05) is 24.4 Å². The Morgan fingerprint density at radius 1 is 1.08 bits per heavy atom. The van der Waals surface area contributed by atoms with Gasteiger partial charge in [-0.25, -0.2) is 4.98 Å². The van der Waals surface area contributed by atoms with E-state index in [1.54, 1.807) is 12.3 Å². The van der Waals surface area contributed by atoms with Crippen molar-refractivity contribution in [3.8, 4) is 5.75 Å². The van der Waals surface area contributed by atoms with Gasteiger partial charge in [0.15, 0.2) is 5.60 Å². The Balaban J connectivity index is 1.24. The maximum atomic E-state index is 13.4. The molecule has 8 heteroatoms. The van der Waals surface area contributed by atoms with Gasteiger partial charge < -0.3 is 20.7 Å². The average Bonchev–Trinajstić information content (AvgIpc) is 3.47. The van der Waals surface area contributed by atoms with Gasteiger partial charge in [-0.05, 0) is 94.2 Å². The second-order valence-electron chi connectivity index (χ2n) is 11.0. The van der Waals surface area contributed by atoms with E-state index in [2.05, 4.69) is 15.2 Å². The molecular weight excluding hydrogens is 476 g/mol. The third-order valence-electron chi connectivity index (χ3n) is 8.04. The second kappa shape index (κ2) is 9.92. The van der Waals surface area contributed by atoms with Gasteiger partial charge in [-0.2, -0.15) is 0 Å². The number of primary amides is 1. The van der Waals surface area contributed by atoms with Gasteiger partial charge in [0, 0.05) is 29.3 Å². The molecule has 192 valence electrons. The van der Waals surface area contributed by atoms with Crippen LogP contribution in [0.4, 0.5) is 5.82 Å². The van der Waals surface area contributed by atoms with Crippen molar-refractivity contribution in [2.24, 2.45) is 5.73 Å². The van der Waals surface area contributed by atoms with Crippen molar-refractivity contribution >= 4 is 29.2 Å². The van der Waals surface area contributed by atoms with Crippen molar-refractivity contribution in [3.05, 3.63) is 52.7 Å². The predicted molar refractivity (Wildman–Crippen MR) is 141 cm³/mol. The van der Waals surface area contributed by atoms with Crippen LogP contribution in [0.5, 0.6) is 5.75 Å². The number of hydrogen-bond donors (Lipinski definition) is 2. The zero-order valence-corrected chi connectivity index (χ0v) is 21.8. The van der Waals surface area contributed by atoms with Crippen LogP contribution in [0.2, 0.25) is 5.02 Å². The summed E-state index contributed by atoms with van der Waals surface area (Å²) < 4.78 is 6.37. The molecule has 2 aliphatic heterocycles. The molecule has 1 aromatic heterocycles. The summed E-state index contributed by atoms with van der Waals surface area (Å²) in [5, 5.41) is 3.98. The van der Waals surface area contributed by atoms with Gasteiger partial charge in [0.05, 0.1) is 5.56 Å². The summed E-state index contributed by atoms with van der Waals surface area (Å²) in [5.41, 5.74) is 5.87. The lowest BCUT2D eigenvalue weighted by Gasteiger charge is -2.41. The molecule has 0 radical (unpaired) electrons. The van der Waals surface area contributed by atoms with Crippen LogP contribution in [-0.2, 0) is 4.79 Å². The van der Waals surface area contributed by atoms with Gasteiger partial charge >= 0.3 is 0 Å². The fraction of sp³-hybridized carbons (Fsp3) is 0.536. The van der Waals surface area contributed by atoms with E-state index in [0.29, 0.717) is 28.6 Å². The standard InChI is InChI=1S/C28H35ClN4O3/c1-28(2,36-24-11-8-19(29)13-23(24)17-5-3-4-6-17)27(35)32-20-14-21-9-10-22(15-20)33(21)25-12-7-18(16-31-25)26(30)34/h7-8,11-13,16-17,20-22H,3-6,9-10,14-15H2,1-2H3,(H2,30,34)(H,32,35). The Labute approximate surface area is 217 Å². The van der Waals surface area contributed by atoms with Crippen LogP contribution < -0.4 is 20.7 Å². The number of ether oxygens (including phenoxy) is 1. The molecule has 1 aliphatic carbocycles. The average molecular weight is 511 g/mol. The maximum Gasteiger partial charge on any atom is 0.263 e. The summed E-state index contributed by atoms with van der Waals surface area (Å²) in [4.78, 5) is 31.6. The Hall–Kier alpha value is -2.80. The number of anilines is 1. The smallest absolute Gasteiger partial charge is 0.263 e. The van der Waals surface area contributed by atoms with E-state index >= 15 is 0 Å². The fourth-order valence-corrected chi connectivity index (χ4v) is 6.38. The van der Waals surface area contributed by atoms with Gasteiger partial charge in [-0.3, -0.25) is 9.59 Å². The van der Waals surface area contributed by atoms with Gasteiger partial charge in [-0.15, -0.1) is 0 Å². The zero-order chi connectivity index (χ0) is 25.4. The first kappa shape index (κ1) is 24.9. The van der Waals surface area contributed by atoms with Crippen LogP contribution in [0, 0.1) is 0 Å². The number of aromatic nitrogens is 1. The number of piperidine rings is 1. The number of hydrogen-bond acceptors (Lipinski definition) is 5. The van der Waals surface area contributed by atoms with Crippen molar-refractivity contribution in [3.63, 3.8) is 0 Å². The molecular formula is C28H35ClN4O3. The monoisotopic (exact) mass is 510 g/mol. The topological polar surface area (TPSA) is 97.5 Å². The molecule has 2 aromatic rings. The number of rotatable bonds is 7. The van der Waals surface area contributed by atoms with Crippen molar-refractivity contribution < 1.29 is 14.3 Å². The number of amides is 2. The maximum absolute atomic E-state index is 13.4. The minimum absolute atomic E-state index is 0.0820. The minimum atomic E-state index is -1.01. The summed E-state index contributed by atoms with van der Waals surface area (Å²) in [6, 6.07) is 10.0. The molecule has 36 heavy (non-hydrogen) atoms. The fourth-order valence-electron chi connectivity index (χ4n) is 6.20. The highest BCUT2D eigenvalue weighted by Crippen LogP contribution is 2.41. The van der Waals surface area contributed by atoms with Crippen LogP contribution >= 0.6 is 11.6 Å². The molecule has 1 saturated carbocycles. The number of carbonyl (C=O) groups excluding carboxylic acids is 2. The number of nitrogens with zero attached hydrogens (tertiary/aromatic N) is 2. The number of halogens is 1. The molecule has 2 atom stereocenters. The van der Waals surface area contributed by atoms with Crippen LogP contribution in [0.25, 0.3) is 0 Å². The van der Waals surface area contributed by atoms with E-state index in [0.717, 1.165) is 55.7 Å². The van der Waals surface area contributed by atoms with E-state index in [9.17, 15) is 9.59 Å². The second-order valence-corrected chi connectivity index (χ2v) is 11.4. The number of fused-ring (bicyclic) bond motifs is 2. The van der Waals surface area contributed by atoms with Crippen molar-refractivity contribution in [1.29, 1.82) is 0 Å². The molecule has 2 unspecified atom stereocenters. The molecule has 5 rings (SSSR count). The molecule has 2 amide bonds. The molecule has 3 aliphatic rings. The van der Waals surface area contributed by atoms with E-state index in [1.165, 1.54) is 12.8 Å². The van der Waals surface area contributed by atoms with Crippen molar-refractivity contribution in [2.75, 3.05) is 4.90 Å². The Kier molecular flexibility index (Phi) is 6.86. The summed E-state index contributed by atoms with van der Waals surface area (Å²) in [6.45, 7) is 3.67. The number of benzene rings is 1. The van der Waals surface area contributed by atoms with Gasteiger partial charge in [0.2, 0.25) is 5.91 Å². The van der Waals surface area contributed by atoms with E-state index < -0.39 is 11.5 Å². The zero-order valence-electron chi connectivity index (χ0n) is 21.0. The first-order valence-electron chi connectivity index (χ1n) is 13.0. The number of carbonyl (C=O) groups is 2. The number of nitrogens with two attached hydrogens (primary N) is 1. The van der Waals surface area contributed by atoms with Crippen molar-refractivity contribution in [2.45, 2.75) is 94.9 Å². The summed E-state index contributed by atoms with van der Waals surface area (Å²) in [5.74, 6) is 1.48. The highest BCUT2D eigenvalue weighted by molar-refractivity contribution is 6.30. The van der Waals surface area contributed by atoms with Crippen LogP contribution in [0.15, 0.2) is 36.5 Å². The normalized spacial score (nSPS) is 24.1. The predicted octanol–water partition coefficient (Wildman–Crippen LogP) is 4.97. The molecule has 7 nitrogen and oxygen atoms in total. The number of pyridine rings is 1. The molecule has 0 spiro atoms. The molecule has 3 heterocycles. The molecule has 2 bridgehead atoms. The van der Waals surface area contributed by atoms with Crippen LogP contribution in [0.3, 0.4) is 0 Å². The first-order chi connectivity index (χ1) is 17.2. The summed E-state index contributed by atoms with van der Waals surface area (Å²) in [7, 11) is 0. The lowest BCUT2D eigenvalue weighted by Crippen LogP contribution is -2.55. The SMILES string of the molecule is CC(C)(Oc1ccc(Cl)cc1C1CCCC1)C(=O)NC1CC2CCC(C1)N2c1ccc(C(N)=O)cn1. The quantitative estimate of drug-likeness (QED) is 0.548. The third-order valence-corrected chi connectivity index (χ3v) is 8.28. The molecule has 3 N–H and O–H groups in total. The van der Waals surface area contributed by atoms with Gasteiger partial charge in [0.25, 0.3) is 5.91 Å². The summed E-state index contributed by atoms with van der Waals surface area (Å²) >= 11 is 6.30. The molecule has 1 aromatic carbocycles. The Bertz CT molecular complexity index is 1120. The van der Waals surface area contributed by atoms with E-state index in [-0.39, 0.29) is 11.9 Å². The molecule has 2 saturated heterocycles. The largest absolute Gasteiger partial charge is 0.478 e. The Morgan fingerprint density at radius 2 is 1.78 bits per heavy atom. The van der Waals surface area contributed by atoms with E-state index in [1.807, 2.05) is 38.1 Å². The highest BCUT2D eigenvalue weighted by Gasteiger charge is 2.43. The lowest BCUT2D eigenvalue weighted by atomic mass is 9.95.